The van der Waals surface area contributed by atoms with Crippen molar-refractivity contribution in [2.24, 2.45) is 0 Å². The molecule has 21 heavy (non-hydrogen) atoms. The van der Waals surface area contributed by atoms with Crippen LogP contribution >= 0.6 is 36.2 Å². The van der Waals surface area contributed by atoms with Crippen molar-refractivity contribution in [1.29, 1.82) is 0 Å². The Kier molecular flexibility index (Phi) is 9.01. The molecule has 0 bridgehead atoms. The van der Waals surface area contributed by atoms with Gasteiger partial charge in [0.05, 0.1) is 23.8 Å². The molecule has 0 aliphatic rings. The van der Waals surface area contributed by atoms with Crippen LogP contribution in [0.2, 0.25) is 0 Å². The molecule has 4 nitrogen and oxygen atoms in total. The average molecular weight is 348 g/mol. The van der Waals surface area contributed by atoms with Gasteiger partial charge in [-0.25, -0.2) is 4.98 Å². The number of carbonyl (C=O) groups is 1. The summed E-state index contributed by atoms with van der Waals surface area (Å²) in [6.07, 6.45) is 0. The number of carbonyl (C=O) groups excluding carboxylic acids is 1. The van der Waals surface area contributed by atoms with Gasteiger partial charge in [-0.3, -0.25) is 4.79 Å². The maximum atomic E-state index is 11.7. The van der Waals surface area contributed by atoms with E-state index in [0.717, 1.165) is 21.3 Å². The van der Waals surface area contributed by atoms with Crippen molar-refractivity contribution in [1.82, 2.24) is 10.3 Å². The second-order valence-corrected chi connectivity index (χ2v) is 5.53. The SMILES string of the molecule is Cc1nc(C)c(CNC(=O)CNc2ccccc2)s1.Cl.Cl. The molecule has 2 N–H and O–H groups in total. The maximum Gasteiger partial charge on any atom is 0.239 e. The lowest BCUT2D eigenvalue weighted by molar-refractivity contribution is -0.119. The first kappa shape index (κ1) is 19.7. The molecule has 1 amide bonds. The van der Waals surface area contributed by atoms with Crippen LogP contribution in [0.15, 0.2) is 30.3 Å². The molecule has 0 radical (unpaired) electrons. The van der Waals surface area contributed by atoms with E-state index < -0.39 is 0 Å². The Morgan fingerprint density at radius 2 is 1.86 bits per heavy atom. The normalized spacial score (nSPS) is 9.24. The lowest BCUT2D eigenvalue weighted by atomic mass is 10.3. The predicted octanol–water partition coefficient (Wildman–Crippen LogP) is 3.33. The van der Waals surface area contributed by atoms with Crippen LogP contribution in [0.4, 0.5) is 5.69 Å². The lowest BCUT2D eigenvalue weighted by Gasteiger charge is -2.07. The van der Waals surface area contributed by atoms with Gasteiger partial charge in [0.15, 0.2) is 0 Å². The monoisotopic (exact) mass is 347 g/mol. The van der Waals surface area contributed by atoms with Crippen LogP contribution in [0.25, 0.3) is 0 Å². The first-order chi connectivity index (χ1) is 9.15. The van der Waals surface area contributed by atoms with Gasteiger partial charge in [-0.1, -0.05) is 18.2 Å². The predicted molar refractivity (Wildman–Crippen MR) is 92.9 cm³/mol. The zero-order valence-corrected chi connectivity index (χ0v) is 14.3. The van der Waals surface area contributed by atoms with E-state index >= 15 is 0 Å². The molecule has 116 valence electrons. The molecule has 7 heteroatoms. The fraction of sp³-hybridized carbons (Fsp3) is 0.286. The highest BCUT2D eigenvalue weighted by molar-refractivity contribution is 7.11. The van der Waals surface area contributed by atoms with Gasteiger partial charge in [0, 0.05) is 10.6 Å². The summed E-state index contributed by atoms with van der Waals surface area (Å²) in [5.74, 6) is -0.0192. The molecule has 2 aromatic rings. The number of hydrogen-bond donors (Lipinski definition) is 2. The molecule has 0 aliphatic heterocycles. The van der Waals surface area contributed by atoms with Gasteiger partial charge in [-0.2, -0.15) is 0 Å². The molecule has 0 spiro atoms. The minimum atomic E-state index is -0.0192. The summed E-state index contributed by atoms with van der Waals surface area (Å²) in [6, 6.07) is 9.68. The highest BCUT2D eigenvalue weighted by atomic mass is 35.5. The Morgan fingerprint density at radius 3 is 2.43 bits per heavy atom. The van der Waals surface area contributed by atoms with E-state index in [1.54, 1.807) is 11.3 Å². The smallest absolute Gasteiger partial charge is 0.239 e. The van der Waals surface area contributed by atoms with E-state index in [2.05, 4.69) is 15.6 Å². The van der Waals surface area contributed by atoms with Gasteiger partial charge in [0.25, 0.3) is 0 Å². The van der Waals surface area contributed by atoms with Crippen LogP contribution in [0.1, 0.15) is 15.6 Å². The van der Waals surface area contributed by atoms with Crippen molar-refractivity contribution in [3.05, 3.63) is 45.9 Å². The second kappa shape index (κ2) is 9.60. The third kappa shape index (κ3) is 6.33. The van der Waals surface area contributed by atoms with Crippen LogP contribution in [0, 0.1) is 13.8 Å². The van der Waals surface area contributed by atoms with Crippen molar-refractivity contribution in [2.75, 3.05) is 11.9 Å². The van der Waals surface area contributed by atoms with Gasteiger partial charge in [0.1, 0.15) is 0 Å². The van der Waals surface area contributed by atoms with E-state index in [-0.39, 0.29) is 37.3 Å². The lowest BCUT2D eigenvalue weighted by Crippen LogP contribution is -2.29. The zero-order valence-electron chi connectivity index (χ0n) is 11.9. The van der Waals surface area contributed by atoms with Gasteiger partial charge in [0.2, 0.25) is 5.91 Å². The Bertz CT molecular complexity index is 561. The van der Waals surface area contributed by atoms with E-state index in [9.17, 15) is 4.79 Å². The summed E-state index contributed by atoms with van der Waals surface area (Å²) < 4.78 is 0. The molecule has 0 fully saturated rings. The summed E-state index contributed by atoms with van der Waals surface area (Å²) in [5.41, 5.74) is 1.95. The van der Waals surface area contributed by atoms with E-state index in [1.807, 2.05) is 44.2 Å². The minimum absolute atomic E-state index is 0. The molecule has 0 atom stereocenters. The largest absolute Gasteiger partial charge is 0.376 e. The van der Waals surface area contributed by atoms with Crippen molar-refractivity contribution in [2.45, 2.75) is 20.4 Å². The van der Waals surface area contributed by atoms with E-state index in [1.165, 1.54) is 0 Å². The Labute approximate surface area is 141 Å². The van der Waals surface area contributed by atoms with Crippen LogP contribution in [0.3, 0.4) is 0 Å². The van der Waals surface area contributed by atoms with Crippen LogP contribution in [0.5, 0.6) is 0 Å². The molecule has 2 rings (SSSR count). The number of aromatic nitrogens is 1. The Hall–Kier alpha value is -1.30. The number of amides is 1. The minimum Gasteiger partial charge on any atom is -0.376 e. The molecule has 1 heterocycles. The average Bonchev–Trinajstić information content (AvgIpc) is 2.73. The Balaban J connectivity index is 0.00000200. The fourth-order valence-corrected chi connectivity index (χ4v) is 2.59. The van der Waals surface area contributed by atoms with E-state index in [0.29, 0.717) is 6.54 Å². The van der Waals surface area contributed by atoms with Gasteiger partial charge in [-0.05, 0) is 26.0 Å². The number of hydrogen-bond acceptors (Lipinski definition) is 4. The van der Waals surface area contributed by atoms with E-state index in [4.69, 9.17) is 0 Å². The molecular formula is C14H19Cl2N3OS. The highest BCUT2D eigenvalue weighted by Crippen LogP contribution is 2.16. The standard InChI is InChI=1S/C14H17N3OS.2ClH/c1-10-13(19-11(2)17-10)8-16-14(18)9-15-12-6-4-3-5-7-12;;/h3-7,15H,8-9H2,1-2H3,(H,16,18);2*1H. The zero-order chi connectivity index (χ0) is 13.7. The third-order valence-electron chi connectivity index (χ3n) is 2.67. The maximum absolute atomic E-state index is 11.7. The summed E-state index contributed by atoms with van der Waals surface area (Å²) in [7, 11) is 0. The molecule has 0 unspecified atom stereocenters. The Morgan fingerprint density at radius 1 is 1.19 bits per heavy atom. The molecule has 0 saturated heterocycles. The van der Waals surface area contributed by atoms with Crippen molar-refractivity contribution < 1.29 is 4.79 Å². The van der Waals surface area contributed by atoms with Crippen LogP contribution < -0.4 is 10.6 Å². The molecule has 0 saturated carbocycles. The molecule has 1 aromatic carbocycles. The third-order valence-corrected chi connectivity index (χ3v) is 3.75. The van der Waals surface area contributed by atoms with Crippen LogP contribution in [-0.4, -0.2) is 17.4 Å². The van der Waals surface area contributed by atoms with Crippen molar-refractivity contribution in [3.8, 4) is 0 Å². The molecule has 0 aliphatic carbocycles. The summed E-state index contributed by atoms with van der Waals surface area (Å²) in [6.45, 7) is 4.76. The first-order valence-corrected chi connectivity index (χ1v) is 6.95. The van der Waals surface area contributed by atoms with Crippen molar-refractivity contribution in [3.63, 3.8) is 0 Å². The molecular weight excluding hydrogens is 329 g/mol. The number of nitrogens with zero attached hydrogens (tertiary/aromatic N) is 1. The second-order valence-electron chi connectivity index (χ2n) is 4.24. The van der Waals surface area contributed by atoms with Gasteiger partial charge >= 0.3 is 0 Å². The van der Waals surface area contributed by atoms with Crippen molar-refractivity contribution >= 4 is 47.7 Å². The summed E-state index contributed by atoms with van der Waals surface area (Å²) in [5, 5.41) is 7.00. The first-order valence-electron chi connectivity index (χ1n) is 6.13. The van der Waals surface area contributed by atoms with Gasteiger partial charge < -0.3 is 10.6 Å². The fourth-order valence-electron chi connectivity index (χ4n) is 1.72. The summed E-state index contributed by atoms with van der Waals surface area (Å²) >= 11 is 1.62. The number of nitrogens with one attached hydrogen (secondary N) is 2. The number of para-hydroxylation sites is 1. The number of benzene rings is 1. The number of anilines is 1. The highest BCUT2D eigenvalue weighted by Gasteiger charge is 2.06. The number of rotatable bonds is 5. The quantitative estimate of drug-likeness (QED) is 0.871. The number of aryl methyl sites for hydroxylation is 2. The topological polar surface area (TPSA) is 54.0 Å². The molecule has 1 aromatic heterocycles. The summed E-state index contributed by atoms with van der Waals surface area (Å²) in [4.78, 5) is 17.2. The van der Waals surface area contributed by atoms with Gasteiger partial charge in [-0.15, -0.1) is 36.2 Å². The number of thiazole rings is 1. The number of halogens is 2. The van der Waals surface area contributed by atoms with Crippen LogP contribution in [-0.2, 0) is 11.3 Å².